The third-order valence-electron chi connectivity index (χ3n) is 5.93. The van der Waals surface area contributed by atoms with Crippen molar-refractivity contribution in [3.63, 3.8) is 0 Å². The lowest BCUT2D eigenvalue weighted by Crippen LogP contribution is -2.33. The first kappa shape index (κ1) is 17.3. The fourth-order valence-corrected chi connectivity index (χ4v) is 4.49. The number of benzene rings is 3. The zero-order valence-electron chi connectivity index (χ0n) is 15.3. The number of rotatable bonds is 1. The Morgan fingerprint density at radius 3 is 2.43 bits per heavy atom. The Balaban J connectivity index is 1.62. The molecule has 3 aromatic carbocycles. The Hall–Kier alpha value is -2.81. The van der Waals surface area contributed by atoms with E-state index in [0.717, 1.165) is 47.9 Å². The Kier molecular flexibility index (Phi) is 3.94. The van der Waals surface area contributed by atoms with Gasteiger partial charge in [-0.05, 0) is 69.8 Å². The summed E-state index contributed by atoms with van der Waals surface area (Å²) in [5.74, 6) is 0.533. The second kappa shape index (κ2) is 6.37. The number of halogens is 3. The maximum atomic E-state index is 12.8. The summed E-state index contributed by atoms with van der Waals surface area (Å²) in [6.07, 6.45) is 5.91. The van der Waals surface area contributed by atoms with Crippen molar-refractivity contribution in [2.45, 2.75) is 25.4 Å². The van der Waals surface area contributed by atoms with E-state index in [0.29, 0.717) is 5.92 Å². The van der Waals surface area contributed by atoms with Crippen LogP contribution in [0.3, 0.4) is 0 Å². The van der Waals surface area contributed by atoms with Crippen LogP contribution in [0, 0.1) is 5.92 Å². The maximum Gasteiger partial charge on any atom is 0.416 e. The highest BCUT2D eigenvalue weighted by atomic mass is 19.4. The van der Waals surface area contributed by atoms with Crippen LogP contribution in [0.1, 0.15) is 24.8 Å². The number of allylic oxidation sites excluding steroid dienone is 2. The van der Waals surface area contributed by atoms with Gasteiger partial charge in [0.25, 0.3) is 0 Å². The Labute approximate surface area is 161 Å². The SMILES string of the molecule is FC(F)(F)c1ccc(-c2ccc3c4c(ccc3c2)=C2CCC=C[C@@H]2CC=4)cc1. The molecule has 0 nitrogen and oxygen atoms in total. The molecule has 0 unspecified atom stereocenters. The predicted molar refractivity (Wildman–Crippen MR) is 108 cm³/mol. The minimum Gasteiger partial charge on any atom is -0.166 e. The molecule has 5 rings (SSSR count). The van der Waals surface area contributed by atoms with Crippen molar-refractivity contribution in [1.82, 2.24) is 0 Å². The molecule has 0 fully saturated rings. The minimum atomic E-state index is -4.30. The van der Waals surface area contributed by atoms with Gasteiger partial charge in [-0.1, -0.05) is 60.2 Å². The van der Waals surface area contributed by atoms with E-state index in [9.17, 15) is 13.2 Å². The second-order valence-corrected chi connectivity index (χ2v) is 7.58. The standard InChI is InChI=1S/C25H19F3/c26-25(27,28)20-10-5-16(6-11-20)18-8-12-22-19(15-18)9-14-23-21-4-2-1-3-17(21)7-13-24(22)23/h1,3,5-6,8-15,17H,2,4,7H2/t17-/m1/s1. The molecule has 0 radical (unpaired) electrons. The van der Waals surface area contributed by atoms with Gasteiger partial charge in [0, 0.05) is 5.92 Å². The maximum absolute atomic E-state index is 12.8. The van der Waals surface area contributed by atoms with Gasteiger partial charge < -0.3 is 0 Å². The van der Waals surface area contributed by atoms with E-state index < -0.39 is 11.7 Å². The van der Waals surface area contributed by atoms with E-state index >= 15 is 0 Å². The summed E-state index contributed by atoms with van der Waals surface area (Å²) >= 11 is 0. The van der Waals surface area contributed by atoms with Crippen LogP contribution in [0.5, 0.6) is 0 Å². The lowest BCUT2D eigenvalue weighted by molar-refractivity contribution is -0.137. The summed E-state index contributed by atoms with van der Waals surface area (Å²) in [4.78, 5) is 0. The van der Waals surface area contributed by atoms with E-state index in [-0.39, 0.29) is 0 Å². The van der Waals surface area contributed by atoms with Gasteiger partial charge in [-0.2, -0.15) is 13.2 Å². The van der Waals surface area contributed by atoms with Crippen LogP contribution in [0.2, 0.25) is 0 Å². The summed E-state index contributed by atoms with van der Waals surface area (Å²) < 4.78 is 38.4. The van der Waals surface area contributed by atoms with Crippen molar-refractivity contribution in [1.29, 1.82) is 0 Å². The van der Waals surface area contributed by atoms with E-state index in [1.54, 1.807) is 12.1 Å². The Bertz CT molecular complexity index is 1210. The van der Waals surface area contributed by atoms with Gasteiger partial charge in [0.05, 0.1) is 5.56 Å². The monoisotopic (exact) mass is 376 g/mol. The third-order valence-corrected chi connectivity index (χ3v) is 5.93. The average molecular weight is 376 g/mol. The first-order valence-electron chi connectivity index (χ1n) is 9.61. The highest BCUT2D eigenvalue weighted by Crippen LogP contribution is 2.32. The van der Waals surface area contributed by atoms with Crippen LogP contribution in [-0.4, -0.2) is 0 Å². The first-order valence-corrected chi connectivity index (χ1v) is 9.61. The van der Waals surface area contributed by atoms with Crippen molar-refractivity contribution >= 4 is 22.4 Å². The summed E-state index contributed by atoms with van der Waals surface area (Å²) in [5.41, 5.74) is 2.65. The van der Waals surface area contributed by atoms with Gasteiger partial charge in [0.1, 0.15) is 0 Å². The minimum absolute atomic E-state index is 0.533. The van der Waals surface area contributed by atoms with Gasteiger partial charge in [0.2, 0.25) is 0 Å². The lowest BCUT2D eigenvalue weighted by Gasteiger charge is -2.23. The zero-order valence-corrected chi connectivity index (χ0v) is 15.3. The van der Waals surface area contributed by atoms with E-state index in [1.165, 1.54) is 21.4 Å². The van der Waals surface area contributed by atoms with Gasteiger partial charge in [-0.3, -0.25) is 0 Å². The number of hydrogen-bond acceptors (Lipinski definition) is 0. The normalized spacial score (nSPS) is 18.5. The van der Waals surface area contributed by atoms with Gasteiger partial charge >= 0.3 is 6.18 Å². The first-order chi connectivity index (χ1) is 13.5. The van der Waals surface area contributed by atoms with E-state index in [4.69, 9.17) is 0 Å². The topological polar surface area (TPSA) is 0 Å². The van der Waals surface area contributed by atoms with Crippen molar-refractivity contribution in [2.24, 2.45) is 5.92 Å². The second-order valence-electron chi connectivity index (χ2n) is 7.58. The van der Waals surface area contributed by atoms with E-state index in [1.807, 2.05) is 6.07 Å². The smallest absolute Gasteiger partial charge is 0.166 e. The molecular weight excluding hydrogens is 357 g/mol. The molecular formula is C25H19F3. The molecule has 28 heavy (non-hydrogen) atoms. The van der Waals surface area contributed by atoms with Crippen LogP contribution in [-0.2, 0) is 6.18 Å². The van der Waals surface area contributed by atoms with Crippen LogP contribution in [0.15, 0.2) is 66.7 Å². The highest BCUT2D eigenvalue weighted by Gasteiger charge is 2.30. The van der Waals surface area contributed by atoms with Crippen LogP contribution < -0.4 is 10.4 Å². The third kappa shape index (κ3) is 2.86. The van der Waals surface area contributed by atoms with Crippen LogP contribution in [0.25, 0.3) is 33.5 Å². The molecule has 0 aromatic heterocycles. The van der Waals surface area contributed by atoms with Crippen LogP contribution in [0.4, 0.5) is 13.2 Å². The molecule has 0 spiro atoms. The van der Waals surface area contributed by atoms with Crippen molar-refractivity contribution in [3.8, 4) is 11.1 Å². The summed E-state index contributed by atoms with van der Waals surface area (Å²) in [7, 11) is 0. The van der Waals surface area contributed by atoms with Crippen molar-refractivity contribution < 1.29 is 13.2 Å². The molecule has 0 aliphatic heterocycles. The number of fused-ring (bicyclic) bond motifs is 4. The molecule has 3 heteroatoms. The largest absolute Gasteiger partial charge is 0.416 e. The van der Waals surface area contributed by atoms with Gasteiger partial charge in [-0.25, -0.2) is 0 Å². The summed E-state index contributed by atoms with van der Waals surface area (Å²) in [6, 6.07) is 15.9. The molecule has 0 saturated heterocycles. The fourth-order valence-electron chi connectivity index (χ4n) is 4.49. The molecule has 1 atom stereocenters. The Morgan fingerprint density at radius 1 is 0.857 bits per heavy atom. The average Bonchev–Trinajstić information content (AvgIpc) is 2.72. The van der Waals surface area contributed by atoms with Gasteiger partial charge in [-0.15, -0.1) is 0 Å². The zero-order chi connectivity index (χ0) is 19.3. The fraction of sp³-hybridized carbons (Fsp3) is 0.200. The summed E-state index contributed by atoms with van der Waals surface area (Å²) in [5, 5.41) is 5.00. The molecule has 3 aromatic rings. The van der Waals surface area contributed by atoms with Crippen LogP contribution >= 0.6 is 0 Å². The molecule has 0 saturated carbocycles. The number of alkyl halides is 3. The summed E-state index contributed by atoms with van der Waals surface area (Å²) in [6.45, 7) is 0. The highest BCUT2D eigenvalue weighted by molar-refractivity contribution is 5.89. The molecule has 140 valence electrons. The molecule has 0 bridgehead atoms. The van der Waals surface area contributed by atoms with Crippen molar-refractivity contribution in [3.05, 3.63) is 82.8 Å². The number of hydrogen-bond donors (Lipinski definition) is 0. The predicted octanol–water partition coefficient (Wildman–Crippen LogP) is 5.83. The Morgan fingerprint density at radius 2 is 1.64 bits per heavy atom. The van der Waals surface area contributed by atoms with E-state index in [2.05, 4.69) is 42.5 Å². The van der Waals surface area contributed by atoms with Crippen molar-refractivity contribution in [2.75, 3.05) is 0 Å². The molecule has 0 amide bonds. The van der Waals surface area contributed by atoms with Gasteiger partial charge in [0.15, 0.2) is 0 Å². The molecule has 0 heterocycles. The molecule has 0 N–H and O–H groups in total. The quantitative estimate of drug-likeness (QED) is 0.469. The molecule has 2 aliphatic rings. The lowest BCUT2D eigenvalue weighted by atomic mass is 9.81. The molecule has 2 aliphatic carbocycles.